The number of nitrogens with zero attached hydrogens (tertiary/aromatic N) is 5. The summed E-state index contributed by atoms with van der Waals surface area (Å²) < 4.78 is 5.93. The zero-order valence-corrected chi connectivity index (χ0v) is 23.6. The van der Waals surface area contributed by atoms with E-state index < -0.39 is 0 Å². The Morgan fingerprint density at radius 3 is 2.31 bits per heavy atom. The molecule has 0 bridgehead atoms. The second-order valence-corrected chi connectivity index (χ2v) is 10.3. The molecule has 6 aromatic rings. The fourth-order valence-corrected chi connectivity index (χ4v) is 5.08. The molecule has 0 spiro atoms. The number of aromatic amines is 2. The molecule has 0 saturated heterocycles. The number of oxazole rings is 1. The molecule has 2 N–H and O–H groups in total. The number of H-pyrrole nitrogens is 2. The van der Waals surface area contributed by atoms with Crippen molar-refractivity contribution in [1.29, 1.82) is 0 Å². The third-order valence-electron chi connectivity index (χ3n) is 7.32. The van der Waals surface area contributed by atoms with Gasteiger partial charge in [0.25, 0.3) is 5.56 Å². The van der Waals surface area contributed by atoms with E-state index in [1.807, 2.05) is 61.5 Å². The van der Waals surface area contributed by atoms with E-state index in [-0.39, 0.29) is 5.56 Å². The van der Waals surface area contributed by atoms with Crippen LogP contribution >= 0.6 is 0 Å². The van der Waals surface area contributed by atoms with Crippen molar-refractivity contribution in [1.82, 2.24) is 35.6 Å². The molecule has 0 saturated carbocycles. The van der Waals surface area contributed by atoms with Gasteiger partial charge in [-0.2, -0.15) is 5.21 Å². The number of rotatable bonds is 10. The van der Waals surface area contributed by atoms with Crippen LogP contribution in [0.15, 0.2) is 88.1 Å². The first-order chi connectivity index (χ1) is 20.6. The van der Waals surface area contributed by atoms with Gasteiger partial charge >= 0.3 is 0 Å². The Labute approximate surface area is 243 Å². The number of benzene rings is 3. The van der Waals surface area contributed by atoms with Crippen LogP contribution in [-0.2, 0) is 19.3 Å². The Kier molecular flexibility index (Phi) is 7.81. The molecule has 0 amide bonds. The minimum absolute atomic E-state index is 0.109. The summed E-state index contributed by atoms with van der Waals surface area (Å²) in [6.07, 6.45) is 3.60. The Bertz CT molecular complexity index is 1840. The Morgan fingerprint density at radius 2 is 1.57 bits per heavy atom. The van der Waals surface area contributed by atoms with Crippen molar-refractivity contribution in [2.24, 2.45) is 0 Å². The third-order valence-corrected chi connectivity index (χ3v) is 7.32. The van der Waals surface area contributed by atoms with Gasteiger partial charge in [-0.15, -0.1) is 10.2 Å². The number of hydrogen-bond acceptors (Lipinski definition) is 7. The smallest absolute Gasteiger partial charge is 0.254 e. The van der Waals surface area contributed by atoms with Crippen LogP contribution < -0.4 is 5.56 Å². The molecule has 9 heteroatoms. The minimum Gasteiger partial charge on any atom is -0.441 e. The van der Waals surface area contributed by atoms with Crippen molar-refractivity contribution in [2.75, 3.05) is 0 Å². The lowest BCUT2D eigenvalue weighted by atomic mass is 9.96. The average Bonchev–Trinajstić information content (AvgIpc) is 3.69. The molecule has 0 aliphatic rings. The van der Waals surface area contributed by atoms with E-state index in [1.54, 1.807) is 0 Å². The van der Waals surface area contributed by atoms with Gasteiger partial charge in [0.2, 0.25) is 11.7 Å². The maximum atomic E-state index is 13.4. The number of hydrogen-bond donors (Lipinski definition) is 2. The molecule has 3 heterocycles. The molecule has 6 rings (SSSR count). The van der Waals surface area contributed by atoms with Crippen LogP contribution in [0, 0.1) is 6.92 Å². The largest absolute Gasteiger partial charge is 0.441 e. The van der Waals surface area contributed by atoms with Gasteiger partial charge in [0.1, 0.15) is 11.6 Å². The fraction of sp³-hybridized carbons (Fsp3) is 0.212. The zero-order valence-electron chi connectivity index (χ0n) is 23.6. The molecule has 0 aliphatic heterocycles. The van der Waals surface area contributed by atoms with Crippen LogP contribution in [0.25, 0.3) is 34.0 Å². The molecule has 42 heavy (non-hydrogen) atoms. The van der Waals surface area contributed by atoms with Gasteiger partial charge in [-0.25, -0.2) is 9.97 Å². The summed E-state index contributed by atoms with van der Waals surface area (Å²) in [4.78, 5) is 26.1. The summed E-state index contributed by atoms with van der Waals surface area (Å²) in [7, 11) is 0. The van der Waals surface area contributed by atoms with Gasteiger partial charge in [0.05, 0.1) is 17.8 Å². The van der Waals surface area contributed by atoms with E-state index in [1.165, 1.54) is 0 Å². The molecular formula is C33H31N7O2. The highest BCUT2D eigenvalue weighted by atomic mass is 16.4. The van der Waals surface area contributed by atoms with Crippen molar-refractivity contribution < 1.29 is 4.42 Å². The molecule has 0 unspecified atom stereocenters. The number of aromatic nitrogens is 7. The molecule has 0 aliphatic carbocycles. The number of tetrazole rings is 1. The molecule has 0 fully saturated rings. The lowest BCUT2D eigenvalue weighted by Crippen LogP contribution is -2.21. The van der Waals surface area contributed by atoms with Crippen molar-refractivity contribution in [3.8, 4) is 34.0 Å². The van der Waals surface area contributed by atoms with E-state index in [0.717, 1.165) is 64.2 Å². The summed E-state index contributed by atoms with van der Waals surface area (Å²) in [6, 6.07) is 26.0. The maximum absolute atomic E-state index is 13.4. The lowest BCUT2D eigenvalue weighted by molar-refractivity contribution is 0.539. The van der Waals surface area contributed by atoms with Crippen LogP contribution in [0.5, 0.6) is 0 Å². The summed E-state index contributed by atoms with van der Waals surface area (Å²) >= 11 is 0. The highest BCUT2D eigenvalue weighted by Gasteiger charge is 2.17. The Morgan fingerprint density at radius 1 is 0.810 bits per heavy atom. The molecule has 3 aromatic heterocycles. The summed E-state index contributed by atoms with van der Waals surface area (Å²) in [5.41, 5.74) is 7.09. The third kappa shape index (κ3) is 5.81. The molecule has 0 radical (unpaired) electrons. The van der Waals surface area contributed by atoms with Crippen LogP contribution in [0.2, 0.25) is 0 Å². The minimum atomic E-state index is -0.109. The van der Waals surface area contributed by atoms with Crippen molar-refractivity contribution in [3.05, 3.63) is 123 Å². The monoisotopic (exact) mass is 557 g/mol. The normalized spacial score (nSPS) is 11.2. The number of aryl methyl sites for hydroxylation is 2. The maximum Gasteiger partial charge on any atom is 0.254 e. The van der Waals surface area contributed by atoms with Gasteiger partial charge in [-0.1, -0.05) is 80.1 Å². The average molecular weight is 558 g/mol. The highest BCUT2D eigenvalue weighted by Crippen LogP contribution is 2.30. The highest BCUT2D eigenvalue weighted by molar-refractivity contribution is 5.80. The predicted molar refractivity (Wildman–Crippen MR) is 161 cm³/mol. The quantitative estimate of drug-likeness (QED) is 0.208. The van der Waals surface area contributed by atoms with E-state index in [9.17, 15) is 4.79 Å². The predicted octanol–water partition coefficient (Wildman–Crippen LogP) is 6.10. The van der Waals surface area contributed by atoms with Crippen LogP contribution in [-0.4, -0.2) is 35.6 Å². The SMILES string of the molecule is CCCCc1nc(Cc2nc(-c3ccccc3)oc2C)[nH]c(=O)c1Cc1ccc(-c2ccccc2-c2nn[nH]n2)cc1. The lowest BCUT2D eigenvalue weighted by Gasteiger charge is -2.11. The van der Waals surface area contributed by atoms with Gasteiger partial charge in [0, 0.05) is 23.1 Å². The van der Waals surface area contributed by atoms with E-state index in [0.29, 0.717) is 35.9 Å². The summed E-state index contributed by atoms with van der Waals surface area (Å²) in [6.45, 7) is 4.03. The zero-order chi connectivity index (χ0) is 28.9. The van der Waals surface area contributed by atoms with E-state index >= 15 is 0 Å². The first kappa shape index (κ1) is 27.0. The van der Waals surface area contributed by atoms with Crippen LogP contribution in [0.4, 0.5) is 0 Å². The van der Waals surface area contributed by atoms with Gasteiger partial charge < -0.3 is 9.40 Å². The molecular weight excluding hydrogens is 526 g/mol. The summed E-state index contributed by atoms with van der Waals surface area (Å²) in [5, 5.41) is 14.5. The second kappa shape index (κ2) is 12.1. The standard InChI is InChI=1S/C33H31N7O2/c1-3-4-14-28-27(19-22-15-17-23(18-16-22)25-12-8-9-13-26(25)31-37-39-40-38-31)32(41)36-30(34-28)20-29-21(2)42-33(35-29)24-10-6-5-7-11-24/h5-13,15-18H,3-4,14,19-20H2,1-2H3,(H,34,36,41)(H,37,38,39,40). The van der Waals surface area contributed by atoms with E-state index in [2.05, 4.69) is 56.8 Å². The number of unbranched alkanes of at least 4 members (excludes halogenated alkanes) is 1. The van der Waals surface area contributed by atoms with E-state index in [4.69, 9.17) is 14.4 Å². The van der Waals surface area contributed by atoms with Gasteiger partial charge in [0.15, 0.2) is 0 Å². The Balaban J connectivity index is 1.26. The fourth-order valence-electron chi connectivity index (χ4n) is 5.08. The Hall–Kier alpha value is -5.18. The van der Waals surface area contributed by atoms with Crippen LogP contribution in [0.3, 0.4) is 0 Å². The van der Waals surface area contributed by atoms with Crippen molar-refractivity contribution in [3.63, 3.8) is 0 Å². The first-order valence-electron chi connectivity index (χ1n) is 14.1. The topological polar surface area (TPSA) is 126 Å². The molecule has 210 valence electrons. The first-order valence-corrected chi connectivity index (χ1v) is 14.1. The molecule has 9 nitrogen and oxygen atoms in total. The second-order valence-electron chi connectivity index (χ2n) is 10.3. The van der Waals surface area contributed by atoms with Crippen molar-refractivity contribution >= 4 is 0 Å². The molecule has 3 aromatic carbocycles. The summed E-state index contributed by atoms with van der Waals surface area (Å²) in [5.74, 6) is 2.43. The molecule has 0 atom stereocenters. The van der Waals surface area contributed by atoms with Gasteiger partial charge in [-0.05, 0) is 53.8 Å². The van der Waals surface area contributed by atoms with Crippen LogP contribution in [0.1, 0.15) is 53.9 Å². The van der Waals surface area contributed by atoms with Crippen molar-refractivity contribution in [2.45, 2.75) is 46.0 Å². The number of nitrogens with one attached hydrogen (secondary N) is 2. The van der Waals surface area contributed by atoms with Gasteiger partial charge in [-0.3, -0.25) is 4.79 Å².